The fraction of sp³-hybridized carbons (Fsp3) is 0.385. The Bertz CT molecular complexity index is 1090. The molecule has 2 atom stereocenters. The van der Waals surface area contributed by atoms with E-state index in [1.165, 1.54) is 11.8 Å². The maximum Gasteiger partial charge on any atom is 0.348 e. The van der Waals surface area contributed by atoms with Crippen LogP contribution in [0.1, 0.15) is 37.8 Å². The van der Waals surface area contributed by atoms with Crippen molar-refractivity contribution in [2.75, 3.05) is 13.2 Å². The van der Waals surface area contributed by atoms with Gasteiger partial charge in [-0.15, -0.1) is 0 Å². The summed E-state index contributed by atoms with van der Waals surface area (Å²) in [7, 11) is 0. The number of carbonyl (C=O) groups excluding carboxylic acids is 4. The average molecular weight is 480 g/mol. The highest BCUT2D eigenvalue weighted by Crippen LogP contribution is 2.31. The van der Waals surface area contributed by atoms with Crippen LogP contribution in [0.25, 0.3) is 0 Å². The summed E-state index contributed by atoms with van der Waals surface area (Å²) in [5.74, 6) is -2.43. The number of hydrogen-bond donors (Lipinski definition) is 0. The first-order valence-corrected chi connectivity index (χ1v) is 11.7. The van der Waals surface area contributed by atoms with Gasteiger partial charge in [-0.2, -0.15) is 5.01 Å². The van der Waals surface area contributed by atoms with Gasteiger partial charge in [-0.3, -0.25) is 9.59 Å². The minimum atomic E-state index is -2.14. The van der Waals surface area contributed by atoms with Crippen molar-refractivity contribution in [1.82, 2.24) is 14.9 Å². The monoisotopic (exact) mass is 479 g/mol. The number of benzene rings is 2. The summed E-state index contributed by atoms with van der Waals surface area (Å²) in [5.41, 5.74) is -0.676. The molecule has 184 valence electrons. The maximum absolute atomic E-state index is 14.0. The molecule has 2 aliphatic rings. The molecule has 0 aromatic heterocycles. The second kappa shape index (κ2) is 10.3. The topological polar surface area (TPSA) is 96.5 Å². The number of imide groups is 1. The van der Waals surface area contributed by atoms with Gasteiger partial charge < -0.3 is 14.4 Å². The van der Waals surface area contributed by atoms with Gasteiger partial charge in [0.05, 0.1) is 19.8 Å². The van der Waals surface area contributed by atoms with Crippen molar-refractivity contribution in [1.29, 1.82) is 0 Å². The highest BCUT2D eigenvalue weighted by molar-refractivity contribution is 6.13. The Morgan fingerprint density at radius 2 is 1.63 bits per heavy atom. The number of urea groups is 1. The first-order valence-electron chi connectivity index (χ1n) is 11.7. The molecule has 4 rings (SSSR count). The third-order valence-electron chi connectivity index (χ3n) is 6.27. The number of rotatable bonds is 8. The van der Waals surface area contributed by atoms with Crippen LogP contribution >= 0.6 is 0 Å². The van der Waals surface area contributed by atoms with Gasteiger partial charge >= 0.3 is 12.0 Å². The summed E-state index contributed by atoms with van der Waals surface area (Å²) in [6.45, 7) is 3.28. The first kappa shape index (κ1) is 24.4. The normalized spacial score (nSPS) is 19.4. The summed E-state index contributed by atoms with van der Waals surface area (Å²) in [6.07, 6.45) is 1.11. The molecule has 0 N–H and O–H groups in total. The molecular formula is C26H29N3O6. The Labute approximate surface area is 204 Å². The van der Waals surface area contributed by atoms with Crippen LogP contribution in [0, 0.1) is 0 Å². The maximum atomic E-state index is 14.0. The van der Waals surface area contributed by atoms with E-state index in [1.807, 2.05) is 36.4 Å². The molecule has 2 saturated heterocycles. The average Bonchev–Trinajstić information content (AvgIpc) is 3.38. The van der Waals surface area contributed by atoms with Gasteiger partial charge in [0.2, 0.25) is 5.60 Å². The highest BCUT2D eigenvalue weighted by atomic mass is 16.6. The zero-order valence-corrected chi connectivity index (χ0v) is 19.9. The molecule has 2 aromatic rings. The molecule has 2 fully saturated rings. The van der Waals surface area contributed by atoms with Crippen LogP contribution in [0.15, 0.2) is 60.7 Å². The Kier molecular flexibility index (Phi) is 7.16. The Morgan fingerprint density at radius 3 is 2.26 bits per heavy atom. The van der Waals surface area contributed by atoms with Crippen LogP contribution in [0.3, 0.4) is 0 Å². The fourth-order valence-electron chi connectivity index (χ4n) is 4.33. The lowest BCUT2D eigenvalue weighted by molar-refractivity contribution is -0.195. The molecule has 9 heteroatoms. The molecule has 2 aliphatic heterocycles. The zero-order valence-electron chi connectivity index (χ0n) is 19.9. The lowest BCUT2D eigenvalue weighted by atomic mass is 10.0. The number of hydrogen-bond acceptors (Lipinski definition) is 6. The van der Waals surface area contributed by atoms with E-state index in [9.17, 15) is 19.2 Å². The van der Waals surface area contributed by atoms with E-state index in [1.54, 1.807) is 31.2 Å². The molecular weight excluding hydrogens is 450 g/mol. The third kappa shape index (κ3) is 4.77. The van der Waals surface area contributed by atoms with Crippen LogP contribution in [-0.4, -0.2) is 63.5 Å². The Balaban J connectivity index is 1.70. The smallest absolute Gasteiger partial charge is 0.348 e. The zero-order chi connectivity index (χ0) is 25.0. The van der Waals surface area contributed by atoms with Crippen molar-refractivity contribution < 1.29 is 28.7 Å². The van der Waals surface area contributed by atoms with E-state index < -0.39 is 35.5 Å². The Hall–Kier alpha value is -3.72. The minimum Gasteiger partial charge on any atom is -0.463 e. The SMILES string of the molecule is CCOC(=O)[C@](C)(OCc1ccccc1)C(=O)N1C(=O)[C@@H]2CCCN2C(=O)N1Cc1ccccc1. The molecule has 0 saturated carbocycles. The Morgan fingerprint density at radius 1 is 1.00 bits per heavy atom. The van der Waals surface area contributed by atoms with Crippen LogP contribution in [-0.2, 0) is 37.0 Å². The van der Waals surface area contributed by atoms with Crippen molar-refractivity contribution in [3.63, 3.8) is 0 Å². The molecule has 0 bridgehead atoms. The van der Waals surface area contributed by atoms with E-state index in [-0.39, 0.29) is 19.8 Å². The molecule has 35 heavy (non-hydrogen) atoms. The number of esters is 1. The van der Waals surface area contributed by atoms with Gasteiger partial charge in [-0.25, -0.2) is 14.6 Å². The third-order valence-corrected chi connectivity index (χ3v) is 6.27. The van der Waals surface area contributed by atoms with Crippen molar-refractivity contribution in [2.45, 2.75) is 51.5 Å². The predicted molar refractivity (Wildman–Crippen MR) is 125 cm³/mol. The highest BCUT2D eigenvalue weighted by Gasteiger charge is 2.56. The summed E-state index contributed by atoms with van der Waals surface area (Å²) in [6, 6.07) is 16.9. The molecule has 0 spiro atoms. The van der Waals surface area contributed by atoms with Crippen LogP contribution in [0.5, 0.6) is 0 Å². The largest absolute Gasteiger partial charge is 0.463 e. The van der Waals surface area contributed by atoms with Gasteiger partial charge in [-0.05, 0) is 37.8 Å². The minimum absolute atomic E-state index is 0.0159. The van der Waals surface area contributed by atoms with Gasteiger partial charge in [0.15, 0.2) is 0 Å². The number of hydrazine groups is 1. The number of ether oxygens (including phenoxy) is 2. The summed E-state index contributed by atoms with van der Waals surface area (Å²) >= 11 is 0. The van der Waals surface area contributed by atoms with E-state index in [0.717, 1.165) is 21.1 Å². The summed E-state index contributed by atoms with van der Waals surface area (Å²) in [4.78, 5) is 55.5. The molecule has 2 aromatic carbocycles. The number of carbonyl (C=O) groups is 4. The summed E-state index contributed by atoms with van der Waals surface area (Å²) in [5, 5.41) is 1.90. The molecule has 0 unspecified atom stereocenters. The lowest BCUT2D eigenvalue weighted by Crippen LogP contribution is -2.70. The summed E-state index contributed by atoms with van der Waals surface area (Å²) < 4.78 is 11.0. The molecule has 0 aliphatic carbocycles. The van der Waals surface area contributed by atoms with E-state index in [0.29, 0.717) is 19.4 Å². The number of fused-ring (bicyclic) bond motifs is 1. The lowest BCUT2D eigenvalue weighted by Gasteiger charge is -2.45. The van der Waals surface area contributed by atoms with Gasteiger partial charge in [-0.1, -0.05) is 60.7 Å². The fourth-order valence-corrected chi connectivity index (χ4v) is 4.33. The predicted octanol–water partition coefficient (Wildman–Crippen LogP) is 2.90. The number of amides is 4. The van der Waals surface area contributed by atoms with Crippen LogP contribution in [0.4, 0.5) is 4.79 Å². The van der Waals surface area contributed by atoms with Crippen LogP contribution in [0.2, 0.25) is 0 Å². The van der Waals surface area contributed by atoms with Crippen molar-refractivity contribution in [3.05, 3.63) is 71.8 Å². The van der Waals surface area contributed by atoms with Gasteiger partial charge in [0.1, 0.15) is 6.04 Å². The van der Waals surface area contributed by atoms with Gasteiger partial charge in [0.25, 0.3) is 11.8 Å². The quantitative estimate of drug-likeness (QED) is 0.427. The van der Waals surface area contributed by atoms with Crippen molar-refractivity contribution >= 4 is 23.8 Å². The molecule has 0 radical (unpaired) electrons. The van der Waals surface area contributed by atoms with E-state index >= 15 is 0 Å². The standard InChI is InChI=1S/C26H29N3O6/c1-3-34-24(32)26(2,35-18-20-13-8-5-9-14-20)23(31)29-22(30)21-15-10-16-27(21)25(33)28(29)17-19-11-6-4-7-12-19/h4-9,11-14,21H,3,10,15-18H2,1-2H3/t21-,26+/m0/s1. The van der Waals surface area contributed by atoms with Crippen molar-refractivity contribution in [2.24, 2.45) is 0 Å². The first-order chi connectivity index (χ1) is 16.9. The molecule has 9 nitrogen and oxygen atoms in total. The molecule has 2 heterocycles. The second-order valence-electron chi connectivity index (χ2n) is 8.66. The van der Waals surface area contributed by atoms with Gasteiger partial charge in [0, 0.05) is 6.54 Å². The van der Waals surface area contributed by atoms with E-state index in [2.05, 4.69) is 0 Å². The van der Waals surface area contributed by atoms with Crippen molar-refractivity contribution in [3.8, 4) is 0 Å². The van der Waals surface area contributed by atoms with E-state index in [4.69, 9.17) is 9.47 Å². The second-order valence-corrected chi connectivity index (χ2v) is 8.66. The number of nitrogens with zero attached hydrogens (tertiary/aromatic N) is 3. The van der Waals surface area contributed by atoms with Crippen LogP contribution < -0.4 is 0 Å². The molecule has 4 amide bonds.